The number of piperidine rings is 1. The highest BCUT2D eigenvalue weighted by Crippen LogP contribution is 2.25. The quantitative estimate of drug-likeness (QED) is 0.781. The summed E-state index contributed by atoms with van der Waals surface area (Å²) in [6.07, 6.45) is 3.75. The van der Waals surface area contributed by atoms with Gasteiger partial charge in [-0.05, 0) is 53.7 Å². The molecule has 0 unspecified atom stereocenters. The third-order valence-corrected chi connectivity index (χ3v) is 5.71. The van der Waals surface area contributed by atoms with Crippen LogP contribution in [0.2, 0.25) is 0 Å². The molecule has 0 aliphatic carbocycles. The third kappa shape index (κ3) is 4.32. The largest absolute Gasteiger partial charge is 0.493 e. The van der Waals surface area contributed by atoms with Crippen LogP contribution in [0.4, 0.5) is 0 Å². The molecule has 3 rings (SSSR count). The summed E-state index contributed by atoms with van der Waals surface area (Å²) in [6, 6.07) is 5.74. The molecule has 1 saturated heterocycles. The maximum atomic E-state index is 12.4. The maximum Gasteiger partial charge on any atom is 0.263 e. The number of carbonyl (C=O) groups excluding carboxylic acids is 1. The molecular formula is C17H19BrN2O2S. The fourth-order valence-electron chi connectivity index (χ4n) is 2.71. The SMILES string of the molecule is Cc1cc(OCC2CCN(C(=O)c3cc(Br)cs3)CC2)ccn1. The first-order valence-corrected chi connectivity index (χ1v) is 9.38. The Morgan fingerprint density at radius 1 is 1.43 bits per heavy atom. The smallest absolute Gasteiger partial charge is 0.263 e. The van der Waals surface area contributed by atoms with Crippen LogP contribution in [0.3, 0.4) is 0 Å². The average Bonchev–Trinajstić information content (AvgIpc) is 2.99. The van der Waals surface area contributed by atoms with Gasteiger partial charge < -0.3 is 9.64 Å². The summed E-state index contributed by atoms with van der Waals surface area (Å²) >= 11 is 4.89. The number of halogens is 1. The lowest BCUT2D eigenvalue weighted by molar-refractivity contribution is 0.0665. The Morgan fingerprint density at radius 3 is 2.87 bits per heavy atom. The van der Waals surface area contributed by atoms with E-state index in [2.05, 4.69) is 20.9 Å². The minimum absolute atomic E-state index is 0.143. The third-order valence-electron chi connectivity index (χ3n) is 4.03. The van der Waals surface area contributed by atoms with Crippen LogP contribution in [0, 0.1) is 12.8 Å². The number of aromatic nitrogens is 1. The molecule has 0 atom stereocenters. The zero-order valence-corrected chi connectivity index (χ0v) is 15.4. The summed E-state index contributed by atoms with van der Waals surface area (Å²) in [5.41, 5.74) is 0.963. The van der Waals surface area contributed by atoms with Gasteiger partial charge in [-0.1, -0.05) is 0 Å². The molecule has 0 saturated carbocycles. The molecule has 2 aromatic rings. The van der Waals surface area contributed by atoms with Crippen molar-refractivity contribution >= 4 is 33.2 Å². The lowest BCUT2D eigenvalue weighted by Crippen LogP contribution is -2.39. The molecule has 2 aromatic heterocycles. The van der Waals surface area contributed by atoms with Gasteiger partial charge in [0.15, 0.2) is 0 Å². The van der Waals surface area contributed by atoms with Crippen LogP contribution >= 0.6 is 27.3 Å². The summed E-state index contributed by atoms with van der Waals surface area (Å²) < 4.78 is 6.84. The lowest BCUT2D eigenvalue weighted by Gasteiger charge is -2.31. The van der Waals surface area contributed by atoms with E-state index in [1.54, 1.807) is 6.20 Å². The summed E-state index contributed by atoms with van der Waals surface area (Å²) in [7, 11) is 0. The number of carbonyl (C=O) groups is 1. The fourth-order valence-corrected chi connectivity index (χ4v) is 4.10. The zero-order valence-electron chi connectivity index (χ0n) is 13.0. The van der Waals surface area contributed by atoms with Crippen molar-refractivity contribution in [2.75, 3.05) is 19.7 Å². The molecule has 0 bridgehead atoms. The van der Waals surface area contributed by atoms with Crippen LogP contribution in [0.1, 0.15) is 28.2 Å². The van der Waals surface area contributed by atoms with Crippen LogP contribution in [0.15, 0.2) is 34.2 Å². The van der Waals surface area contributed by atoms with Crippen molar-refractivity contribution in [3.05, 3.63) is 44.8 Å². The molecule has 1 fully saturated rings. The van der Waals surface area contributed by atoms with Gasteiger partial charge in [-0.15, -0.1) is 11.3 Å². The number of likely N-dealkylation sites (tertiary alicyclic amines) is 1. The molecular weight excluding hydrogens is 376 g/mol. The Bertz CT molecular complexity index is 681. The van der Waals surface area contributed by atoms with Crippen molar-refractivity contribution in [1.82, 2.24) is 9.88 Å². The second-order valence-corrected chi connectivity index (χ2v) is 7.64. The monoisotopic (exact) mass is 394 g/mol. The topological polar surface area (TPSA) is 42.4 Å². The van der Waals surface area contributed by atoms with Crippen molar-refractivity contribution in [2.45, 2.75) is 19.8 Å². The second kappa shape index (κ2) is 7.45. The molecule has 0 N–H and O–H groups in total. The fraction of sp³-hybridized carbons (Fsp3) is 0.412. The van der Waals surface area contributed by atoms with Crippen LogP contribution < -0.4 is 4.74 Å². The molecule has 0 radical (unpaired) electrons. The van der Waals surface area contributed by atoms with Crippen molar-refractivity contribution < 1.29 is 9.53 Å². The van der Waals surface area contributed by atoms with E-state index < -0.39 is 0 Å². The normalized spacial score (nSPS) is 15.7. The Hall–Kier alpha value is -1.40. The van der Waals surface area contributed by atoms with Crippen molar-refractivity contribution in [1.29, 1.82) is 0 Å². The molecule has 1 aliphatic rings. The van der Waals surface area contributed by atoms with E-state index >= 15 is 0 Å². The van der Waals surface area contributed by atoms with E-state index in [0.717, 1.165) is 46.7 Å². The minimum Gasteiger partial charge on any atom is -0.493 e. The van der Waals surface area contributed by atoms with Gasteiger partial charge in [-0.2, -0.15) is 0 Å². The van der Waals surface area contributed by atoms with Gasteiger partial charge in [-0.3, -0.25) is 9.78 Å². The highest BCUT2D eigenvalue weighted by atomic mass is 79.9. The highest BCUT2D eigenvalue weighted by molar-refractivity contribution is 9.10. The average molecular weight is 395 g/mol. The van der Waals surface area contributed by atoms with E-state index in [1.807, 2.05) is 35.4 Å². The van der Waals surface area contributed by atoms with Gasteiger partial charge >= 0.3 is 0 Å². The second-order valence-electron chi connectivity index (χ2n) is 5.81. The van der Waals surface area contributed by atoms with Gasteiger partial charge in [-0.25, -0.2) is 0 Å². The number of pyridine rings is 1. The molecule has 3 heterocycles. The Balaban J connectivity index is 1.47. The number of ether oxygens (including phenoxy) is 1. The van der Waals surface area contributed by atoms with Gasteiger partial charge in [0.25, 0.3) is 5.91 Å². The number of amides is 1. The predicted octanol–water partition coefficient (Wildman–Crippen LogP) is 4.15. The van der Waals surface area contributed by atoms with Gasteiger partial charge in [0.2, 0.25) is 0 Å². The van der Waals surface area contributed by atoms with E-state index in [1.165, 1.54) is 11.3 Å². The Labute approximate surface area is 148 Å². The first-order valence-electron chi connectivity index (χ1n) is 7.70. The van der Waals surface area contributed by atoms with Gasteiger partial charge in [0.05, 0.1) is 11.5 Å². The van der Waals surface area contributed by atoms with Crippen molar-refractivity contribution in [2.24, 2.45) is 5.92 Å². The maximum absolute atomic E-state index is 12.4. The molecule has 23 heavy (non-hydrogen) atoms. The molecule has 0 aromatic carbocycles. The van der Waals surface area contributed by atoms with Crippen molar-refractivity contribution in [3.8, 4) is 5.75 Å². The first-order chi connectivity index (χ1) is 11.1. The summed E-state index contributed by atoms with van der Waals surface area (Å²) in [5.74, 6) is 1.52. The minimum atomic E-state index is 0.143. The summed E-state index contributed by atoms with van der Waals surface area (Å²) in [4.78, 5) is 19.3. The first kappa shape index (κ1) is 16.5. The van der Waals surface area contributed by atoms with Gasteiger partial charge in [0, 0.05) is 40.9 Å². The molecule has 1 aliphatic heterocycles. The number of nitrogens with zero attached hydrogens (tertiary/aromatic N) is 2. The van der Waals surface area contributed by atoms with E-state index in [-0.39, 0.29) is 5.91 Å². The molecule has 0 spiro atoms. The number of thiophene rings is 1. The van der Waals surface area contributed by atoms with Crippen LogP contribution in [0.5, 0.6) is 5.75 Å². The summed E-state index contributed by atoms with van der Waals surface area (Å²) in [5, 5.41) is 1.95. The van der Waals surface area contributed by atoms with Crippen molar-refractivity contribution in [3.63, 3.8) is 0 Å². The summed E-state index contributed by atoms with van der Waals surface area (Å²) in [6.45, 7) is 4.27. The lowest BCUT2D eigenvalue weighted by atomic mass is 9.97. The molecule has 122 valence electrons. The predicted molar refractivity (Wildman–Crippen MR) is 95.1 cm³/mol. The molecule has 4 nitrogen and oxygen atoms in total. The number of hydrogen-bond acceptors (Lipinski definition) is 4. The van der Waals surface area contributed by atoms with E-state index in [4.69, 9.17) is 4.74 Å². The van der Waals surface area contributed by atoms with Crippen LogP contribution in [-0.4, -0.2) is 35.5 Å². The standard InChI is InChI=1S/C17H19BrN2O2S/c1-12-8-15(2-5-19-12)22-10-13-3-6-20(7-4-13)17(21)16-9-14(18)11-23-16/h2,5,8-9,11,13H,3-4,6-7,10H2,1H3. The van der Waals surface area contributed by atoms with Gasteiger partial charge in [0.1, 0.15) is 5.75 Å². The number of rotatable bonds is 4. The molecule has 1 amide bonds. The number of aryl methyl sites for hydroxylation is 1. The zero-order chi connectivity index (χ0) is 16.2. The van der Waals surface area contributed by atoms with Crippen LogP contribution in [-0.2, 0) is 0 Å². The highest BCUT2D eigenvalue weighted by Gasteiger charge is 2.24. The Kier molecular flexibility index (Phi) is 5.33. The Morgan fingerprint density at radius 2 is 2.22 bits per heavy atom. The van der Waals surface area contributed by atoms with E-state index in [0.29, 0.717) is 12.5 Å². The van der Waals surface area contributed by atoms with Crippen LogP contribution in [0.25, 0.3) is 0 Å². The molecule has 6 heteroatoms. The number of hydrogen-bond donors (Lipinski definition) is 0. The van der Waals surface area contributed by atoms with E-state index in [9.17, 15) is 4.79 Å².